The van der Waals surface area contributed by atoms with Crippen molar-refractivity contribution in [2.45, 2.75) is 33.6 Å². The van der Waals surface area contributed by atoms with Crippen LogP contribution in [0.4, 0.5) is 0 Å². The second kappa shape index (κ2) is 10.1. The third-order valence-corrected chi connectivity index (χ3v) is 3.95. The molecule has 0 aromatic heterocycles. The lowest BCUT2D eigenvalue weighted by molar-refractivity contribution is 0.0955. The summed E-state index contributed by atoms with van der Waals surface area (Å²) in [4.78, 5) is 12.1. The molecule has 0 heterocycles. The van der Waals surface area contributed by atoms with E-state index in [1.54, 1.807) is 6.21 Å². The van der Waals surface area contributed by atoms with Gasteiger partial charge in [0.15, 0.2) is 0 Å². The molecule has 3 heteroatoms. The third-order valence-electron chi connectivity index (χ3n) is 3.95. The van der Waals surface area contributed by atoms with Crippen molar-refractivity contribution in [1.82, 2.24) is 5.43 Å². The Bertz CT molecular complexity index is 796. The molecular weight excluding hydrogens is 320 g/mol. The molecule has 0 bridgehead atoms. The maximum atomic E-state index is 12.1. The van der Waals surface area contributed by atoms with Gasteiger partial charge in [0.2, 0.25) is 0 Å². The fourth-order valence-electron chi connectivity index (χ4n) is 2.44. The number of nitrogens with one attached hydrogen (secondary N) is 1. The molecule has 0 fully saturated rings. The number of hydrazone groups is 1. The van der Waals surface area contributed by atoms with Crippen LogP contribution in [0.5, 0.6) is 0 Å². The van der Waals surface area contributed by atoms with Crippen LogP contribution in [0.2, 0.25) is 0 Å². The largest absolute Gasteiger partial charge is 0.271 e. The van der Waals surface area contributed by atoms with E-state index in [0.717, 1.165) is 24.0 Å². The van der Waals surface area contributed by atoms with E-state index in [1.165, 1.54) is 11.1 Å². The molecule has 0 radical (unpaired) electrons. The van der Waals surface area contributed by atoms with E-state index < -0.39 is 0 Å². The standard InChI is InChI=1S/C23H26N2O/c1-18(2)8-7-9-19(3)16-17-24-25-23(26)22-14-12-21(13-15-22)20-10-5-4-6-11-20/h4-6,8,10-17H,7,9H2,1-3H3,(H,25,26)/b19-16+,24-17-. The van der Waals surface area contributed by atoms with E-state index in [9.17, 15) is 4.79 Å². The highest BCUT2D eigenvalue weighted by Crippen LogP contribution is 2.19. The molecule has 0 spiro atoms. The van der Waals surface area contributed by atoms with Gasteiger partial charge in [-0.25, -0.2) is 5.43 Å². The minimum Gasteiger partial charge on any atom is -0.267 e. The first-order valence-electron chi connectivity index (χ1n) is 8.84. The van der Waals surface area contributed by atoms with Gasteiger partial charge in [-0.1, -0.05) is 59.7 Å². The summed E-state index contributed by atoms with van der Waals surface area (Å²) in [7, 11) is 0. The molecule has 2 aromatic carbocycles. The van der Waals surface area contributed by atoms with E-state index in [2.05, 4.69) is 37.4 Å². The molecule has 0 saturated carbocycles. The van der Waals surface area contributed by atoms with Crippen LogP contribution in [0, 0.1) is 0 Å². The van der Waals surface area contributed by atoms with E-state index in [0.29, 0.717) is 5.56 Å². The van der Waals surface area contributed by atoms with Crippen molar-refractivity contribution in [3.8, 4) is 11.1 Å². The molecule has 0 unspecified atom stereocenters. The second-order valence-electron chi connectivity index (χ2n) is 6.50. The Labute approximate surface area is 156 Å². The Kier molecular flexibility index (Phi) is 7.56. The maximum absolute atomic E-state index is 12.1. The number of benzene rings is 2. The fourth-order valence-corrected chi connectivity index (χ4v) is 2.44. The van der Waals surface area contributed by atoms with E-state index in [-0.39, 0.29) is 5.91 Å². The summed E-state index contributed by atoms with van der Waals surface area (Å²) in [5, 5.41) is 4.00. The lowest BCUT2D eigenvalue weighted by Gasteiger charge is -2.03. The SMILES string of the molecule is CC(C)=CCC/C(C)=C/C=N\NC(=O)c1ccc(-c2ccccc2)cc1. The Morgan fingerprint density at radius 1 is 0.962 bits per heavy atom. The predicted molar refractivity (Wildman–Crippen MR) is 110 cm³/mol. The number of carbonyl (C=O) groups excluding carboxylic acids is 1. The van der Waals surface area contributed by atoms with Gasteiger partial charge in [-0.05, 0) is 62.9 Å². The van der Waals surface area contributed by atoms with Gasteiger partial charge in [-0.15, -0.1) is 0 Å². The minimum absolute atomic E-state index is 0.212. The first kappa shape index (κ1) is 19.4. The summed E-state index contributed by atoms with van der Waals surface area (Å²) >= 11 is 0. The predicted octanol–water partition coefficient (Wildman–Crippen LogP) is 5.76. The van der Waals surface area contributed by atoms with Crippen LogP contribution in [-0.2, 0) is 0 Å². The van der Waals surface area contributed by atoms with Crippen LogP contribution in [0.1, 0.15) is 44.0 Å². The molecule has 0 atom stereocenters. The monoisotopic (exact) mass is 346 g/mol. The van der Waals surface area contributed by atoms with Crippen LogP contribution in [0.15, 0.2) is 83.0 Å². The average molecular weight is 346 g/mol. The third kappa shape index (κ3) is 6.52. The molecule has 2 aromatic rings. The smallest absolute Gasteiger partial charge is 0.267 e. The number of hydrogen-bond donors (Lipinski definition) is 1. The topological polar surface area (TPSA) is 41.5 Å². The van der Waals surface area contributed by atoms with Gasteiger partial charge >= 0.3 is 0 Å². The zero-order valence-corrected chi connectivity index (χ0v) is 15.7. The van der Waals surface area contributed by atoms with Crippen LogP contribution in [0.25, 0.3) is 11.1 Å². The highest BCUT2D eigenvalue weighted by molar-refractivity contribution is 5.95. The van der Waals surface area contributed by atoms with Gasteiger partial charge in [-0.3, -0.25) is 4.79 Å². The summed E-state index contributed by atoms with van der Waals surface area (Å²) in [5.74, 6) is -0.212. The highest BCUT2D eigenvalue weighted by atomic mass is 16.2. The molecule has 1 N–H and O–H groups in total. The summed E-state index contributed by atoms with van der Waals surface area (Å²) in [6, 6.07) is 17.6. The van der Waals surface area contributed by atoms with Gasteiger partial charge in [0, 0.05) is 11.8 Å². The molecule has 3 nitrogen and oxygen atoms in total. The number of amides is 1. The summed E-state index contributed by atoms with van der Waals surface area (Å²) < 4.78 is 0. The van der Waals surface area contributed by atoms with Gasteiger partial charge in [0.25, 0.3) is 5.91 Å². The second-order valence-corrected chi connectivity index (χ2v) is 6.50. The van der Waals surface area contributed by atoms with Crippen LogP contribution in [-0.4, -0.2) is 12.1 Å². The Balaban J connectivity index is 1.87. The number of nitrogens with zero attached hydrogens (tertiary/aromatic N) is 1. The summed E-state index contributed by atoms with van der Waals surface area (Å²) in [6.07, 6.45) is 7.80. The lowest BCUT2D eigenvalue weighted by Crippen LogP contribution is -2.17. The highest BCUT2D eigenvalue weighted by Gasteiger charge is 2.04. The Hall–Kier alpha value is -2.94. The Morgan fingerprint density at radius 3 is 2.27 bits per heavy atom. The number of hydrogen-bond acceptors (Lipinski definition) is 2. The molecule has 26 heavy (non-hydrogen) atoms. The van der Waals surface area contributed by atoms with Crippen molar-refractivity contribution in [3.63, 3.8) is 0 Å². The normalized spacial score (nSPS) is 11.4. The van der Waals surface area contributed by atoms with Crippen molar-refractivity contribution in [2.24, 2.45) is 5.10 Å². The van der Waals surface area contributed by atoms with Gasteiger partial charge in [-0.2, -0.15) is 5.10 Å². The number of carbonyl (C=O) groups is 1. The molecular formula is C23H26N2O. The zero-order valence-electron chi connectivity index (χ0n) is 15.7. The lowest BCUT2D eigenvalue weighted by atomic mass is 10.0. The molecule has 134 valence electrons. The average Bonchev–Trinajstić information content (AvgIpc) is 2.65. The van der Waals surface area contributed by atoms with Crippen molar-refractivity contribution >= 4 is 12.1 Å². The molecule has 2 rings (SSSR count). The molecule has 0 aliphatic heterocycles. The molecule has 0 saturated heterocycles. The molecule has 1 amide bonds. The molecule has 0 aliphatic carbocycles. The maximum Gasteiger partial charge on any atom is 0.271 e. The zero-order chi connectivity index (χ0) is 18.8. The van der Waals surface area contributed by atoms with Crippen LogP contribution < -0.4 is 5.43 Å². The minimum atomic E-state index is -0.212. The van der Waals surface area contributed by atoms with Crippen molar-refractivity contribution in [2.75, 3.05) is 0 Å². The fraction of sp³-hybridized carbons (Fsp3) is 0.217. The number of allylic oxidation sites excluding steroid dienone is 4. The van der Waals surface area contributed by atoms with Gasteiger partial charge in [0.05, 0.1) is 0 Å². The van der Waals surface area contributed by atoms with Crippen molar-refractivity contribution in [3.05, 3.63) is 83.5 Å². The van der Waals surface area contributed by atoms with Gasteiger partial charge < -0.3 is 0 Å². The van der Waals surface area contributed by atoms with Crippen molar-refractivity contribution < 1.29 is 4.79 Å². The van der Waals surface area contributed by atoms with Crippen molar-refractivity contribution in [1.29, 1.82) is 0 Å². The van der Waals surface area contributed by atoms with Crippen LogP contribution >= 0.6 is 0 Å². The van der Waals surface area contributed by atoms with E-state index in [1.807, 2.05) is 60.7 Å². The quantitative estimate of drug-likeness (QED) is 0.386. The van der Waals surface area contributed by atoms with Crippen LogP contribution in [0.3, 0.4) is 0 Å². The summed E-state index contributed by atoms with van der Waals surface area (Å²) in [5.41, 5.74) is 7.93. The Morgan fingerprint density at radius 2 is 1.62 bits per heavy atom. The first-order valence-corrected chi connectivity index (χ1v) is 8.84. The summed E-state index contributed by atoms with van der Waals surface area (Å²) in [6.45, 7) is 6.26. The van der Waals surface area contributed by atoms with E-state index in [4.69, 9.17) is 0 Å². The number of rotatable bonds is 7. The molecule has 0 aliphatic rings. The van der Waals surface area contributed by atoms with Gasteiger partial charge in [0.1, 0.15) is 0 Å². The first-order chi connectivity index (χ1) is 12.6. The van der Waals surface area contributed by atoms with E-state index >= 15 is 0 Å².